The average molecular weight is 231 g/mol. The Balaban J connectivity index is 1.98. The van der Waals surface area contributed by atoms with E-state index in [4.69, 9.17) is 5.73 Å². The maximum Gasteiger partial charge on any atom is 0.322 e. The molecule has 1 aliphatic heterocycles. The minimum Gasteiger partial charge on any atom is -0.399 e. The molecule has 1 aromatic rings. The molecule has 4 N–H and O–H groups in total. The molecule has 1 aromatic carbocycles. The molecule has 3 rings (SSSR count). The lowest BCUT2D eigenvalue weighted by Gasteiger charge is -2.31. The Kier molecular flexibility index (Phi) is 1.92. The van der Waals surface area contributed by atoms with Crippen molar-refractivity contribution in [3.8, 4) is 0 Å². The zero-order valence-electron chi connectivity index (χ0n) is 9.25. The smallest absolute Gasteiger partial charge is 0.322 e. The summed E-state index contributed by atoms with van der Waals surface area (Å²) in [6, 6.07) is 5.31. The number of anilines is 1. The molecule has 0 bridgehead atoms. The summed E-state index contributed by atoms with van der Waals surface area (Å²) in [5.41, 5.74) is 7.97. The number of fused-ring (bicyclic) bond motifs is 1. The third-order valence-corrected chi connectivity index (χ3v) is 3.56. The molecule has 0 radical (unpaired) electrons. The van der Waals surface area contributed by atoms with Crippen molar-refractivity contribution in [3.63, 3.8) is 0 Å². The molecule has 17 heavy (non-hydrogen) atoms. The maximum absolute atomic E-state index is 11.8. The van der Waals surface area contributed by atoms with Crippen molar-refractivity contribution in [2.24, 2.45) is 0 Å². The quantitative estimate of drug-likeness (QED) is 0.444. The number of carbonyl (C=O) groups excluding carboxylic acids is 2. The number of carbonyl (C=O) groups is 2. The summed E-state index contributed by atoms with van der Waals surface area (Å²) >= 11 is 0. The number of benzene rings is 1. The van der Waals surface area contributed by atoms with Crippen molar-refractivity contribution in [1.82, 2.24) is 10.6 Å². The van der Waals surface area contributed by atoms with Gasteiger partial charge >= 0.3 is 6.03 Å². The van der Waals surface area contributed by atoms with Crippen LogP contribution in [0.1, 0.15) is 17.5 Å². The lowest BCUT2D eigenvalue weighted by atomic mass is 9.78. The molecule has 0 unspecified atom stereocenters. The molecule has 3 amide bonds. The van der Waals surface area contributed by atoms with Crippen molar-refractivity contribution in [1.29, 1.82) is 0 Å². The van der Waals surface area contributed by atoms with Crippen molar-refractivity contribution < 1.29 is 9.59 Å². The van der Waals surface area contributed by atoms with Gasteiger partial charge in [0.05, 0.1) is 0 Å². The van der Waals surface area contributed by atoms with Crippen LogP contribution in [0.2, 0.25) is 0 Å². The summed E-state index contributed by atoms with van der Waals surface area (Å²) in [7, 11) is 0. The first-order valence-electron chi connectivity index (χ1n) is 5.60. The topological polar surface area (TPSA) is 84.2 Å². The third-order valence-electron chi connectivity index (χ3n) is 3.56. The van der Waals surface area contributed by atoms with Gasteiger partial charge in [-0.1, -0.05) is 6.07 Å². The van der Waals surface area contributed by atoms with E-state index in [1.165, 1.54) is 5.56 Å². The zero-order chi connectivity index (χ0) is 12.0. The van der Waals surface area contributed by atoms with E-state index < -0.39 is 11.6 Å². The highest BCUT2D eigenvalue weighted by Gasteiger charge is 2.47. The predicted octanol–water partition coefficient (Wildman–Crippen LogP) is 0.336. The van der Waals surface area contributed by atoms with E-state index in [0.717, 1.165) is 17.7 Å². The number of hydrogen-bond acceptors (Lipinski definition) is 3. The molecule has 1 aliphatic carbocycles. The number of imide groups is 1. The van der Waals surface area contributed by atoms with Gasteiger partial charge in [-0.25, -0.2) is 4.79 Å². The summed E-state index contributed by atoms with van der Waals surface area (Å²) in [5.74, 6) is -0.218. The first-order chi connectivity index (χ1) is 8.09. The first-order valence-corrected chi connectivity index (χ1v) is 5.60. The Morgan fingerprint density at radius 3 is 2.76 bits per heavy atom. The predicted molar refractivity (Wildman–Crippen MR) is 62.3 cm³/mol. The molecule has 2 aliphatic rings. The minimum absolute atomic E-state index is 0.218. The van der Waals surface area contributed by atoms with Gasteiger partial charge in [-0.2, -0.15) is 0 Å². The highest BCUT2D eigenvalue weighted by Crippen LogP contribution is 2.31. The highest BCUT2D eigenvalue weighted by atomic mass is 16.2. The largest absolute Gasteiger partial charge is 0.399 e. The van der Waals surface area contributed by atoms with E-state index in [-0.39, 0.29) is 5.91 Å². The fourth-order valence-electron chi connectivity index (χ4n) is 2.64. The second-order valence-corrected chi connectivity index (χ2v) is 4.70. The fraction of sp³-hybridized carbons (Fsp3) is 0.333. The second-order valence-electron chi connectivity index (χ2n) is 4.70. The van der Waals surface area contributed by atoms with Gasteiger partial charge in [-0.05, 0) is 36.1 Å². The van der Waals surface area contributed by atoms with Crippen LogP contribution in [0.3, 0.4) is 0 Å². The number of hydrogen-bond donors (Lipinski definition) is 3. The van der Waals surface area contributed by atoms with Gasteiger partial charge < -0.3 is 11.1 Å². The minimum atomic E-state index is -0.750. The van der Waals surface area contributed by atoms with Gasteiger partial charge in [0, 0.05) is 12.1 Å². The molecule has 0 aromatic heterocycles. The summed E-state index contributed by atoms with van der Waals surface area (Å²) in [5, 5.41) is 5.05. The summed E-state index contributed by atoms with van der Waals surface area (Å²) in [6.45, 7) is 0. The Hall–Kier alpha value is -2.04. The van der Waals surface area contributed by atoms with Crippen molar-refractivity contribution in [2.45, 2.75) is 24.8 Å². The van der Waals surface area contributed by atoms with Crippen LogP contribution in [-0.4, -0.2) is 17.5 Å². The summed E-state index contributed by atoms with van der Waals surface area (Å²) in [4.78, 5) is 23.0. The average Bonchev–Trinajstić information content (AvgIpc) is 2.54. The van der Waals surface area contributed by atoms with Crippen molar-refractivity contribution in [3.05, 3.63) is 29.3 Å². The number of rotatable bonds is 0. The van der Waals surface area contributed by atoms with Gasteiger partial charge in [0.2, 0.25) is 0 Å². The van der Waals surface area contributed by atoms with Crippen molar-refractivity contribution in [2.75, 3.05) is 5.73 Å². The van der Waals surface area contributed by atoms with Crippen LogP contribution < -0.4 is 16.4 Å². The molecule has 88 valence electrons. The molecule has 5 nitrogen and oxygen atoms in total. The molecule has 0 saturated carbocycles. The van der Waals surface area contributed by atoms with Crippen LogP contribution in [0.5, 0.6) is 0 Å². The molecule has 1 heterocycles. The molecule has 1 atom stereocenters. The Morgan fingerprint density at radius 2 is 2.06 bits per heavy atom. The number of aryl methyl sites for hydroxylation is 1. The second kappa shape index (κ2) is 3.23. The number of amides is 3. The molecular formula is C12H13N3O2. The van der Waals surface area contributed by atoms with Gasteiger partial charge in [0.15, 0.2) is 0 Å². The molecule has 5 heteroatoms. The standard InChI is InChI=1S/C12H13N3O2/c13-9-2-1-8-6-12(4-3-7(8)5-9)10(16)14-11(17)15-12/h1-2,5H,3-4,6,13H2,(H2,14,15,16,17)/t12-/m0/s1. The Morgan fingerprint density at radius 1 is 1.24 bits per heavy atom. The summed E-state index contributed by atoms with van der Waals surface area (Å²) in [6.07, 6.45) is 1.93. The highest BCUT2D eigenvalue weighted by molar-refractivity contribution is 6.07. The monoisotopic (exact) mass is 231 g/mol. The van der Waals surface area contributed by atoms with Gasteiger partial charge in [-0.15, -0.1) is 0 Å². The van der Waals surface area contributed by atoms with Gasteiger partial charge in [-0.3, -0.25) is 10.1 Å². The summed E-state index contributed by atoms with van der Waals surface area (Å²) < 4.78 is 0. The molecule has 1 spiro atoms. The molecule has 1 fully saturated rings. The number of urea groups is 1. The Bertz CT molecular complexity index is 526. The van der Waals surface area contributed by atoms with E-state index >= 15 is 0 Å². The maximum atomic E-state index is 11.8. The zero-order valence-corrected chi connectivity index (χ0v) is 9.25. The lowest BCUT2D eigenvalue weighted by molar-refractivity contribution is -0.124. The molecular weight excluding hydrogens is 218 g/mol. The third kappa shape index (κ3) is 1.46. The van der Waals surface area contributed by atoms with E-state index in [0.29, 0.717) is 12.8 Å². The van der Waals surface area contributed by atoms with E-state index in [1.807, 2.05) is 18.2 Å². The van der Waals surface area contributed by atoms with Gasteiger partial charge in [0.25, 0.3) is 5.91 Å². The van der Waals surface area contributed by atoms with Crippen LogP contribution in [0.15, 0.2) is 18.2 Å². The van der Waals surface area contributed by atoms with Crippen LogP contribution >= 0.6 is 0 Å². The SMILES string of the molecule is Nc1ccc2c(c1)CC[C@@]1(C2)NC(=O)NC1=O. The van der Waals surface area contributed by atoms with E-state index in [9.17, 15) is 9.59 Å². The first kappa shape index (κ1) is 10.1. The fourth-order valence-corrected chi connectivity index (χ4v) is 2.64. The van der Waals surface area contributed by atoms with Crippen LogP contribution in [-0.2, 0) is 17.6 Å². The van der Waals surface area contributed by atoms with Crippen molar-refractivity contribution >= 4 is 17.6 Å². The number of nitrogens with two attached hydrogens (primary N) is 1. The van der Waals surface area contributed by atoms with Crippen LogP contribution in [0, 0.1) is 0 Å². The van der Waals surface area contributed by atoms with E-state index in [2.05, 4.69) is 10.6 Å². The normalized spacial score (nSPS) is 26.6. The van der Waals surface area contributed by atoms with Crippen LogP contribution in [0.25, 0.3) is 0 Å². The molecule has 1 saturated heterocycles. The number of nitrogen functional groups attached to an aromatic ring is 1. The van der Waals surface area contributed by atoms with E-state index in [1.54, 1.807) is 0 Å². The van der Waals surface area contributed by atoms with Crippen LogP contribution in [0.4, 0.5) is 10.5 Å². The number of nitrogens with one attached hydrogen (secondary N) is 2. The lowest BCUT2D eigenvalue weighted by Crippen LogP contribution is -2.51. The van der Waals surface area contributed by atoms with Gasteiger partial charge in [0.1, 0.15) is 5.54 Å². The Labute approximate surface area is 98.4 Å².